The Morgan fingerprint density at radius 1 is 1.10 bits per heavy atom. The Hall–Kier alpha value is -2.07. The van der Waals surface area contributed by atoms with E-state index in [9.17, 15) is 4.39 Å². The molecule has 0 bridgehead atoms. The fraction of sp³-hybridized carbons (Fsp3) is 0.250. The first-order valence-electron chi connectivity index (χ1n) is 6.44. The molecule has 0 amide bonds. The third-order valence-corrected chi connectivity index (χ3v) is 3.16. The monoisotopic (exact) mass is 274 g/mol. The minimum Gasteiger partial charge on any atom is -0.497 e. The van der Waals surface area contributed by atoms with Gasteiger partial charge in [-0.25, -0.2) is 4.39 Å². The van der Waals surface area contributed by atoms with E-state index in [1.807, 2.05) is 31.3 Å². The topological polar surface area (TPSA) is 38.5 Å². The summed E-state index contributed by atoms with van der Waals surface area (Å²) >= 11 is 0. The third kappa shape index (κ3) is 3.71. The molecule has 0 saturated heterocycles. The summed E-state index contributed by atoms with van der Waals surface area (Å²) in [5.74, 6) is 0.581. The number of nitrogen functional groups attached to an aromatic ring is 1. The van der Waals surface area contributed by atoms with Crippen LogP contribution < -0.4 is 10.5 Å². The highest BCUT2D eigenvalue weighted by atomic mass is 19.1. The number of rotatable bonds is 5. The first-order valence-corrected chi connectivity index (χ1v) is 6.44. The van der Waals surface area contributed by atoms with Crippen molar-refractivity contribution in [3.63, 3.8) is 0 Å². The largest absolute Gasteiger partial charge is 0.497 e. The van der Waals surface area contributed by atoms with E-state index in [-0.39, 0.29) is 5.82 Å². The molecule has 0 saturated carbocycles. The second kappa shape index (κ2) is 6.39. The molecule has 2 N–H and O–H groups in total. The number of anilines is 1. The van der Waals surface area contributed by atoms with Gasteiger partial charge in [0.25, 0.3) is 0 Å². The number of halogens is 1. The minimum absolute atomic E-state index is 0.257. The molecular weight excluding hydrogens is 255 g/mol. The molecule has 2 aromatic rings. The van der Waals surface area contributed by atoms with Gasteiger partial charge in [-0.1, -0.05) is 12.1 Å². The van der Waals surface area contributed by atoms with Crippen LogP contribution in [0.2, 0.25) is 0 Å². The fourth-order valence-electron chi connectivity index (χ4n) is 2.10. The highest BCUT2D eigenvalue weighted by molar-refractivity contribution is 5.46. The maximum atomic E-state index is 13.2. The molecular formula is C16H19FN2O. The molecule has 0 fully saturated rings. The van der Waals surface area contributed by atoms with Gasteiger partial charge in [0.2, 0.25) is 0 Å². The Morgan fingerprint density at radius 2 is 1.80 bits per heavy atom. The van der Waals surface area contributed by atoms with Crippen LogP contribution in [0.15, 0.2) is 42.5 Å². The van der Waals surface area contributed by atoms with Gasteiger partial charge in [-0.3, -0.25) is 4.90 Å². The van der Waals surface area contributed by atoms with E-state index in [4.69, 9.17) is 10.5 Å². The predicted molar refractivity (Wildman–Crippen MR) is 79.0 cm³/mol. The number of benzene rings is 2. The summed E-state index contributed by atoms with van der Waals surface area (Å²) in [7, 11) is 3.63. The lowest BCUT2D eigenvalue weighted by Gasteiger charge is -2.18. The van der Waals surface area contributed by atoms with Gasteiger partial charge in [0.05, 0.1) is 7.11 Å². The average molecular weight is 274 g/mol. The van der Waals surface area contributed by atoms with Gasteiger partial charge in [0.1, 0.15) is 11.6 Å². The summed E-state index contributed by atoms with van der Waals surface area (Å²) in [6, 6.07) is 12.4. The van der Waals surface area contributed by atoms with Gasteiger partial charge in [-0.05, 0) is 48.5 Å². The Morgan fingerprint density at radius 3 is 2.45 bits per heavy atom. The van der Waals surface area contributed by atoms with Gasteiger partial charge >= 0.3 is 0 Å². The van der Waals surface area contributed by atoms with Gasteiger partial charge in [-0.15, -0.1) is 0 Å². The van der Waals surface area contributed by atoms with Crippen LogP contribution in [0, 0.1) is 5.82 Å². The number of ether oxygens (including phenoxy) is 1. The molecule has 20 heavy (non-hydrogen) atoms. The van der Waals surface area contributed by atoms with Crippen molar-refractivity contribution in [2.24, 2.45) is 0 Å². The fourth-order valence-corrected chi connectivity index (χ4v) is 2.10. The Bertz CT molecular complexity index is 569. The van der Waals surface area contributed by atoms with Crippen LogP contribution in [-0.4, -0.2) is 19.1 Å². The highest BCUT2D eigenvalue weighted by Gasteiger charge is 2.06. The van der Waals surface area contributed by atoms with Crippen molar-refractivity contribution in [2.75, 3.05) is 19.9 Å². The molecule has 0 aromatic heterocycles. The maximum Gasteiger partial charge on any atom is 0.123 e. The lowest BCUT2D eigenvalue weighted by atomic mass is 10.1. The molecule has 2 aromatic carbocycles. The average Bonchev–Trinajstić information content (AvgIpc) is 2.43. The molecule has 0 radical (unpaired) electrons. The molecule has 2 rings (SSSR count). The van der Waals surface area contributed by atoms with E-state index >= 15 is 0 Å². The van der Waals surface area contributed by atoms with Crippen LogP contribution in [0.4, 0.5) is 10.1 Å². The summed E-state index contributed by atoms with van der Waals surface area (Å²) in [6.45, 7) is 1.37. The first kappa shape index (κ1) is 14.3. The SMILES string of the molecule is COc1ccc(CN(C)Cc2cc(F)ccc2N)cc1. The first-order chi connectivity index (χ1) is 9.58. The van der Waals surface area contributed by atoms with E-state index in [0.717, 1.165) is 17.9 Å². The van der Waals surface area contributed by atoms with E-state index in [1.54, 1.807) is 13.2 Å². The Kier molecular flexibility index (Phi) is 4.58. The number of methoxy groups -OCH3 is 1. The predicted octanol–water partition coefficient (Wildman–Crippen LogP) is 3.05. The molecule has 0 spiro atoms. The van der Waals surface area contributed by atoms with Crippen molar-refractivity contribution in [3.8, 4) is 5.75 Å². The van der Waals surface area contributed by atoms with Crippen molar-refractivity contribution in [1.82, 2.24) is 4.90 Å². The smallest absolute Gasteiger partial charge is 0.123 e. The zero-order valence-electron chi connectivity index (χ0n) is 11.8. The van der Waals surface area contributed by atoms with Crippen LogP contribution in [0.1, 0.15) is 11.1 Å². The summed E-state index contributed by atoms with van der Waals surface area (Å²) < 4.78 is 18.3. The summed E-state index contributed by atoms with van der Waals surface area (Å²) in [4.78, 5) is 2.09. The molecule has 3 nitrogen and oxygen atoms in total. The standard InChI is InChI=1S/C16H19FN2O/c1-19(10-12-3-6-15(20-2)7-4-12)11-13-9-14(17)5-8-16(13)18/h3-9H,10-11,18H2,1-2H3. The van der Waals surface area contributed by atoms with Crippen LogP contribution >= 0.6 is 0 Å². The lowest BCUT2D eigenvalue weighted by Crippen LogP contribution is -2.18. The quantitative estimate of drug-likeness (QED) is 0.852. The molecule has 0 heterocycles. The second-order valence-electron chi connectivity index (χ2n) is 4.86. The van der Waals surface area contributed by atoms with Gasteiger partial charge in [-0.2, -0.15) is 0 Å². The normalized spacial score (nSPS) is 10.8. The van der Waals surface area contributed by atoms with Gasteiger partial charge < -0.3 is 10.5 Å². The summed E-state index contributed by atoms with van der Waals surface area (Å²) in [6.07, 6.45) is 0. The number of nitrogens with zero attached hydrogens (tertiary/aromatic N) is 1. The Labute approximate surface area is 118 Å². The number of hydrogen-bond donors (Lipinski definition) is 1. The maximum absolute atomic E-state index is 13.2. The van der Waals surface area contributed by atoms with Crippen molar-refractivity contribution in [1.29, 1.82) is 0 Å². The van der Waals surface area contributed by atoms with Gasteiger partial charge in [0, 0.05) is 18.8 Å². The Balaban J connectivity index is 2.00. The van der Waals surface area contributed by atoms with Crippen LogP contribution in [0.3, 0.4) is 0 Å². The third-order valence-electron chi connectivity index (χ3n) is 3.16. The van der Waals surface area contributed by atoms with Crippen LogP contribution in [-0.2, 0) is 13.1 Å². The molecule has 0 aliphatic carbocycles. The zero-order chi connectivity index (χ0) is 14.5. The van der Waals surface area contributed by atoms with E-state index < -0.39 is 0 Å². The molecule has 106 valence electrons. The van der Waals surface area contributed by atoms with Crippen molar-refractivity contribution >= 4 is 5.69 Å². The van der Waals surface area contributed by atoms with Crippen molar-refractivity contribution in [2.45, 2.75) is 13.1 Å². The van der Waals surface area contributed by atoms with Crippen molar-refractivity contribution in [3.05, 3.63) is 59.4 Å². The lowest BCUT2D eigenvalue weighted by molar-refractivity contribution is 0.319. The van der Waals surface area contributed by atoms with E-state index in [0.29, 0.717) is 12.2 Å². The zero-order valence-corrected chi connectivity index (χ0v) is 11.8. The highest BCUT2D eigenvalue weighted by Crippen LogP contribution is 2.17. The van der Waals surface area contributed by atoms with E-state index in [1.165, 1.54) is 17.7 Å². The number of hydrogen-bond acceptors (Lipinski definition) is 3. The summed E-state index contributed by atoms with van der Waals surface area (Å²) in [5.41, 5.74) is 8.45. The molecule has 0 unspecified atom stereocenters. The van der Waals surface area contributed by atoms with Gasteiger partial charge in [0.15, 0.2) is 0 Å². The van der Waals surface area contributed by atoms with E-state index in [2.05, 4.69) is 4.90 Å². The number of nitrogens with two attached hydrogens (primary N) is 1. The second-order valence-corrected chi connectivity index (χ2v) is 4.86. The molecule has 4 heteroatoms. The molecule has 0 atom stereocenters. The van der Waals surface area contributed by atoms with Crippen LogP contribution in [0.5, 0.6) is 5.75 Å². The van der Waals surface area contributed by atoms with Crippen molar-refractivity contribution < 1.29 is 9.13 Å². The van der Waals surface area contributed by atoms with Crippen LogP contribution in [0.25, 0.3) is 0 Å². The molecule has 0 aliphatic heterocycles. The molecule has 0 aliphatic rings. The minimum atomic E-state index is -0.257. The summed E-state index contributed by atoms with van der Waals surface area (Å²) in [5, 5.41) is 0.